The quantitative estimate of drug-likeness (QED) is 0.203. The first-order chi connectivity index (χ1) is 12.6. The topological polar surface area (TPSA) is 40.6 Å². The lowest BCUT2D eigenvalue weighted by atomic mass is 10.1. The number of rotatable bonds is 16. The highest BCUT2D eigenvalue weighted by atomic mass is 32.1. The van der Waals surface area contributed by atoms with Crippen molar-refractivity contribution < 1.29 is 9.59 Å². The molecule has 0 atom stereocenters. The Morgan fingerprint density at radius 3 is 1.23 bits per heavy atom. The minimum atomic E-state index is -0.427. The van der Waals surface area contributed by atoms with Crippen LogP contribution in [0.2, 0.25) is 0 Å². The molecule has 0 aromatic rings. The second kappa shape index (κ2) is 14.1. The molecule has 26 heavy (non-hydrogen) atoms. The highest BCUT2D eigenvalue weighted by Gasteiger charge is 2.40. The van der Waals surface area contributed by atoms with Gasteiger partial charge in [0.25, 0.3) is 0 Å². The molecular formula is C21H38N2O2S. The number of carbonyl (C=O) groups is 2. The van der Waals surface area contributed by atoms with Gasteiger partial charge in [0.15, 0.2) is 5.11 Å². The Morgan fingerprint density at radius 1 is 0.577 bits per heavy atom. The van der Waals surface area contributed by atoms with Crippen LogP contribution < -0.4 is 0 Å². The number of thiocarbonyl (C=S) groups is 1. The molecule has 1 rings (SSSR count). The summed E-state index contributed by atoms with van der Waals surface area (Å²) in [5.41, 5.74) is 0. The molecule has 1 aliphatic rings. The lowest BCUT2D eigenvalue weighted by molar-refractivity contribution is -0.143. The van der Waals surface area contributed by atoms with Crippen molar-refractivity contribution in [1.82, 2.24) is 9.80 Å². The molecule has 1 saturated heterocycles. The van der Waals surface area contributed by atoms with Gasteiger partial charge in [-0.3, -0.25) is 19.4 Å². The highest BCUT2D eigenvalue weighted by molar-refractivity contribution is 7.80. The van der Waals surface area contributed by atoms with Gasteiger partial charge in [-0.15, -0.1) is 0 Å². The van der Waals surface area contributed by atoms with Gasteiger partial charge < -0.3 is 0 Å². The number of hydrogen-bond acceptors (Lipinski definition) is 3. The highest BCUT2D eigenvalue weighted by Crippen LogP contribution is 2.16. The van der Waals surface area contributed by atoms with E-state index in [0.29, 0.717) is 18.2 Å². The molecule has 0 N–H and O–H groups in total. The van der Waals surface area contributed by atoms with Gasteiger partial charge in [0.2, 0.25) is 0 Å². The third-order valence-electron chi connectivity index (χ3n) is 5.11. The van der Waals surface area contributed by atoms with E-state index in [1.165, 1.54) is 74.0 Å². The fourth-order valence-electron chi connectivity index (χ4n) is 3.40. The van der Waals surface area contributed by atoms with Crippen LogP contribution in [0, 0.1) is 0 Å². The molecule has 0 aliphatic carbocycles. The fourth-order valence-corrected chi connectivity index (χ4v) is 3.75. The summed E-state index contributed by atoms with van der Waals surface area (Å²) >= 11 is 5.40. The Labute approximate surface area is 165 Å². The van der Waals surface area contributed by atoms with Crippen LogP contribution in [-0.2, 0) is 9.59 Å². The molecule has 0 radical (unpaired) electrons. The van der Waals surface area contributed by atoms with Crippen molar-refractivity contribution in [3.63, 3.8) is 0 Å². The molecule has 0 aromatic heterocycles. The molecule has 4 nitrogen and oxygen atoms in total. The Balaban J connectivity index is 2.22. The second-order valence-electron chi connectivity index (χ2n) is 7.44. The van der Waals surface area contributed by atoms with Crippen LogP contribution in [-0.4, -0.2) is 39.8 Å². The van der Waals surface area contributed by atoms with Gasteiger partial charge in [0.05, 0.1) is 0 Å². The molecule has 150 valence electrons. The zero-order chi connectivity index (χ0) is 19.2. The lowest BCUT2D eigenvalue weighted by Crippen LogP contribution is -2.34. The van der Waals surface area contributed by atoms with Crippen molar-refractivity contribution in [2.75, 3.05) is 13.1 Å². The van der Waals surface area contributed by atoms with Crippen LogP contribution in [0.25, 0.3) is 0 Å². The molecule has 0 bridgehead atoms. The first-order valence-electron chi connectivity index (χ1n) is 10.8. The van der Waals surface area contributed by atoms with Crippen LogP contribution in [0.4, 0.5) is 0 Å². The first-order valence-corrected chi connectivity index (χ1v) is 11.2. The van der Waals surface area contributed by atoms with E-state index in [1.807, 2.05) is 0 Å². The summed E-state index contributed by atoms with van der Waals surface area (Å²) in [5, 5.41) is 0.428. The van der Waals surface area contributed by atoms with E-state index in [9.17, 15) is 9.59 Å². The van der Waals surface area contributed by atoms with Crippen molar-refractivity contribution in [2.45, 2.75) is 104 Å². The molecule has 2 amide bonds. The maximum absolute atomic E-state index is 12.2. The van der Waals surface area contributed by atoms with Gasteiger partial charge in [0, 0.05) is 13.1 Å². The molecule has 1 heterocycles. The van der Waals surface area contributed by atoms with Crippen molar-refractivity contribution >= 4 is 29.1 Å². The summed E-state index contributed by atoms with van der Waals surface area (Å²) in [5.74, 6) is -0.854. The summed E-state index contributed by atoms with van der Waals surface area (Å²) in [7, 11) is 0. The average molecular weight is 383 g/mol. The average Bonchev–Trinajstić information content (AvgIpc) is 2.83. The molecule has 0 aromatic carbocycles. The SMILES string of the molecule is CCCCCCCCCN1C(=O)C(=O)N(CCCCCCCCC)C1=S. The van der Waals surface area contributed by atoms with Gasteiger partial charge in [-0.2, -0.15) is 0 Å². The molecule has 0 spiro atoms. The van der Waals surface area contributed by atoms with Gasteiger partial charge in [-0.1, -0.05) is 90.9 Å². The summed E-state index contributed by atoms with van der Waals surface area (Å²) in [6.45, 7) is 5.61. The van der Waals surface area contributed by atoms with Gasteiger partial charge in [0.1, 0.15) is 0 Å². The van der Waals surface area contributed by atoms with Gasteiger partial charge in [-0.05, 0) is 25.1 Å². The fraction of sp³-hybridized carbons (Fsp3) is 0.857. The molecular weight excluding hydrogens is 344 g/mol. The van der Waals surface area contributed by atoms with E-state index in [2.05, 4.69) is 13.8 Å². The zero-order valence-corrected chi connectivity index (χ0v) is 17.7. The summed E-state index contributed by atoms with van der Waals surface area (Å²) in [6.07, 6.45) is 16.7. The van der Waals surface area contributed by atoms with Crippen LogP contribution in [0.5, 0.6) is 0 Å². The number of nitrogens with zero attached hydrogens (tertiary/aromatic N) is 2. The van der Waals surface area contributed by atoms with E-state index >= 15 is 0 Å². The number of amides is 2. The minimum Gasteiger partial charge on any atom is -0.280 e. The van der Waals surface area contributed by atoms with Crippen molar-refractivity contribution in [1.29, 1.82) is 0 Å². The molecule has 1 aliphatic heterocycles. The van der Waals surface area contributed by atoms with E-state index in [-0.39, 0.29) is 0 Å². The largest absolute Gasteiger partial charge is 0.318 e. The lowest BCUT2D eigenvalue weighted by Gasteiger charge is -2.18. The number of hydrogen-bond donors (Lipinski definition) is 0. The van der Waals surface area contributed by atoms with E-state index < -0.39 is 11.8 Å². The Morgan fingerprint density at radius 2 is 0.885 bits per heavy atom. The summed E-state index contributed by atoms with van der Waals surface area (Å²) < 4.78 is 0. The normalized spacial score (nSPS) is 14.8. The molecule has 1 fully saturated rings. The molecule has 5 heteroatoms. The van der Waals surface area contributed by atoms with Crippen LogP contribution in [0.3, 0.4) is 0 Å². The zero-order valence-electron chi connectivity index (χ0n) is 16.9. The molecule has 0 unspecified atom stereocenters. The minimum absolute atomic E-state index is 0.427. The maximum atomic E-state index is 12.2. The van der Waals surface area contributed by atoms with Crippen LogP contribution in [0.1, 0.15) is 104 Å². The van der Waals surface area contributed by atoms with E-state index in [4.69, 9.17) is 12.2 Å². The Kier molecular flexibility index (Phi) is 12.5. The summed E-state index contributed by atoms with van der Waals surface area (Å²) in [4.78, 5) is 27.4. The molecule has 0 saturated carbocycles. The smallest absolute Gasteiger partial charge is 0.280 e. The van der Waals surface area contributed by atoms with Crippen LogP contribution in [0.15, 0.2) is 0 Å². The van der Waals surface area contributed by atoms with E-state index in [1.54, 1.807) is 0 Å². The number of carbonyl (C=O) groups excluding carboxylic acids is 2. The Hall–Kier alpha value is -0.970. The van der Waals surface area contributed by atoms with Crippen LogP contribution >= 0.6 is 12.2 Å². The van der Waals surface area contributed by atoms with Crippen molar-refractivity contribution in [3.8, 4) is 0 Å². The predicted molar refractivity (Wildman–Crippen MR) is 112 cm³/mol. The monoisotopic (exact) mass is 382 g/mol. The predicted octanol–water partition coefficient (Wildman–Crippen LogP) is 5.44. The number of unbranched alkanes of at least 4 members (excludes halogenated alkanes) is 12. The van der Waals surface area contributed by atoms with Crippen molar-refractivity contribution in [3.05, 3.63) is 0 Å². The van der Waals surface area contributed by atoms with E-state index in [0.717, 1.165) is 25.7 Å². The third kappa shape index (κ3) is 8.15. The standard InChI is InChI=1S/C21H38N2O2S/c1-3-5-7-9-11-13-15-17-22-19(24)20(25)23(21(22)26)18-16-14-12-10-8-6-4-2/h3-18H2,1-2H3. The first kappa shape index (κ1) is 23.1. The van der Waals surface area contributed by atoms with Crippen molar-refractivity contribution in [2.24, 2.45) is 0 Å². The third-order valence-corrected chi connectivity index (χ3v) is 5.55. The Bertz CT molecular complexity index is 402. The van der Waals surface area contributed by atoms with Gasteiger partial charge >= 0.3 is 11.8 Å². The van der Waals surface area contributed by atoms with Gasteiger partial charge in [-0.25, -0.2) is 0 Å². The summed E-state index contributed by atoms with van der Waals surface area (Å²) in [6, 6.07) is 0. The maximum Gasteiger partial charge on any atom is 0.318 e. The second-order valence-corrected chi connectivity index (χ2v) is 7.80.